The molecule has 0 amide bonds. The first-order valence-corrected chi connectivity index (χ1v) is 10.0. The van der Waals surface area contributed by atoms with Crippen LogP contribution in [0.4, 0.5) is 0 Å². The van der Waals surface area contributed by atoms with Crippen LogP contribution in [0.3, 0.4) is 0 Å². The van der Waals surface area contributed by atoms with Gasteiger partial charge in [0.05, 0.1) is 4.90 Å². The molecule has 5 heteroatoms. The summed E-state index contributed by atoms with van der Waals surface area (Å²) in [6.45, 7) is 1.58. The predicted molar refractivity (Wildman–Crippen MR) is 107 cm³/mol. The molecule has 2 N–H and O–H groups in total. The second kappa shape index (κ2) is 8.76. The maximum Gasteiger partial charge on any atom is 0.241 e. The Hall–Kier alpha value is -2.47. The van der Waals surface area contributed by atoms with E-state index in [9.17, 15) is 8.42 Å². The van der Waals surface area contributed by atoms with Crippen molar-refractivity contribution in [2.45, 2.75) is 4.90 Å². The SMILES string of the molecule is O=S(=O)(NCCNC/C=C/c1ccccc1)c1cccc2ccccc12. The van der Waals surface area contributed by atoms with E-state index >= 15 is 0 Å². The number of benzene rings is 3. The van der Waals surface area contributed by atoms with Crippen molar-refractivity contribution in [3.63, 3.8) is 0 Å². The fourth-order valence-corrected chi connectivity index (χ4v) is 3.99. The molecule has 0 heterocycles. The van der Waals surface area contributed by atoms with Gasteiger partial charge in [0.25, 0.3) is 0 Å². The molecule has 0 bridgehead atoms. The quantitative estimate of drug-likeness (QED) is 0.601. The second-order valence-corrected chi connectivity index (χ2v) is 7.63. The van der Waals surface area contributed by atoms with Gasteiger partial charge in [-0.05, 0) is 17.0 Å². The van der Waals surface area contributed by atoms with E-state index in [1.165, 1.54) is 0 Å². The van der Waals surface area contributed by atoms with Gasteiger partial charge in [-0.2, -0.15) is 0 Å². The highest BCUT2D eigenvalue weighted by molar-refractivity contribution is 7.89. The minimum atomic E-state index is -3.53. The van der Waals surface area contributed by atoms with E-state index in [0.29, 0.717) is 24.5 Å². The number of sulfonamides is 1. The smallest absolute Gasteiger partial charge is 0.241 e. The molecule has 0 aliphatic rings. The van der Waals surface area contributed by atoms with Crippen molar-refractivity contribution in [2.75, 3.05) is 19.6 Å². The molecule has 0 aliphatic carbocycles. The maximum absolute atomic E-state index is 12.6. The van der Waals surface area contributed by atoms with Gasteiger partial charge in [0.2, 0.25) is 10.0 Å². The molecule has 134 valence electrons. The summed E-state index contributed by atoms with van der Waals surface area (Å²) >= 11 is 0. The molecule has 0 aliphatic heterocycles. The molecule has 0 fully saturated rings. The summed E-state index contributed by atoms with van der Waals surface area (Å²) in [6.07, 6.45) is 4.06. The zero-order valence-corrected chi connectivity index (χ0v) is 15.2. The van der Waals surface area contributed by atoms with Gasteiger partial charge >= 0.3 is 0 Å². The van der Waals surface area contributed by atoms with Gasteiger partial charge in [-0.25, -0.2) is 13.1 Å². The molecule has 3 rings (SSSR count). The van der Waals surface area contributed by atoms with E-state index < -0.39 is 10.0 Å². The van der Waals surface area contributed by atoms with Crippen LogP contribution in [0, 0.1) is 0 Å². The van der Waals surface area contributed by atoms with E-state index in [0.717, 1.165) is 16.3 Å². The van der Waals surface area contributed by atoms with Gasteiger partial charge in [-0.15, -0.1) is 0 Å². The minimum absolute atomic E-state index is 0.319. The van der Waals surface area contributed by atoms with Crippen molar-refractivity contribution >= 4 is 26.9 Å². The zero-order chi connectivity index (χ0) is 18.2. The molecule has 0 spiro atoms. The zero-order valence-electron chi connectivity index (χ0n) is 14.4. The molecule has 0 unspecified atom stereocenters. The highest BCUT2D eigenvalue weighted by atomic mass is 32.2. The van der Waals surface area contributed by atoms with Crippen LogP contribution in [0.1, 0.15) is 5.56 Å². The Bertz CT molecular complexity index is 978. The lowest BCUT2D eigenvalue weighted by atomic mass is 10.1. The van der Waals surface area contributed by atoms with Crippen molar-refractivity contribution in [2.24, 2.45) is 0 Å². The largest absolute Gasteiger partial charge is 0.312 e. The number of hydrogen-bond acceptors (Lipinski definition) is 3. The van der Waals surface area contributed by atoms with E-state index in [4.69, 9.17) is 0 Å². The van der Waals surface area contributed by atoms with Gasteiger partial charge in [-0.1, -0.05) is 78.9 Å². The first kappa shape index (κ1) is 18.3. The van der Waals surface area contributed by atoms with Crippen LogP contribution in [-0.4, -0.2) is 28.1 Å². The van der Waals surface area contributed by atoms with E-state index in [1.807, 2.05) is 72.8 Å². The van der Waals surface area contributed by atoms with E-state index in [-0.39, 0.29) is 0 Å². The normalized spacial score (nSPS) is 12.0. The van der Waals surface area contributed by atoms with Crippen molar-refractivity contribution in [1.82, 2.24) is 10.0 Å². The summed E-state index contributed by atoms with van der Waals surface area (Å²) in [7, 11) is -3.53. The van der Waals surface area contributed by atoms with Crippen molar-refractivity contribution in [3.05, 3.63) is 84.4 Å². The van der Waals surface area contributed by atoms with Crippen LogP contribution in [0.2, 0.25) is 0 Å². The van der Waals surface area contributed by atoms with Gasteiger partial charge in [0.15, 0.2) is 0 Å². The van der Waals surface area contributed by atoms with E-state index in [2.05, 4.69) is 10.0 Å². The Morgan fingerprint density at radius 3 is 2.38 bits per heavy atom. The lowest BCUT2D eigenvalue weighted by Gasteiger charge is -2.09. The number of hydrogen-bond donors (Lipinski definition) is 2. The molecule has 0 atom stereocenters. The fraction of sp³-hybridized carbons (Fsp3) is 0.143. The van der Waals surface area contributed by atoms with Crippen molar-refractivity contribution in [3.8, 4) is 0 Å². The Kier molecular flexibility index (Phi) is 6.17. The molecular formula is C21H22N2O2S. The van der Waals surface area contributed by atoms with Crippen LogP contribution in [0.5, 0.6) is 0 Å². The molecule has 0 radical (unpaired) electrons. The van der Waals surface area contributed by atoms with Gasteiger partial charge in [0, 0.05) is 25.0 Å². The molecule has 0 saturated heterocycles. The summed E-state index contributed by atoms with van der Waals surface area (Å²) in [5.41, 5.74) is 1.14. The number of rotatable bonds is 8. The summed E-state index contributed by atoms with van der Waals surface area (Å²) in [6, 6.07) is 22.9. The lowest BCUT2D eigenvalue weighted by molar-refractivity contribution is 0.579. The van der Waals surface area contributed by atoms with Crippen LogP contribution >= 0.6 is 0 Å². The molecule has 3 aromatic carbocycles. The van der Waals surface area contributed by atoms with Crippen molar-refractivity contribution < 1.29 is 8.42 Å². The van der Waals surface area contributed by atoms with Gasteiger partial charge in [-0.3, -0.25) is 0 Å². The third-order valence-electron chi connectivity index (χ3n) is 4.01. The standard InChI is InChI=1S/C21H22N2O2S/c24-26(25,21-14-6-12-19-11-4-5-13-20(19)21)23-17-16-22-15-7-10-18-8-2-1-3-9-18/h1-14,22-23H,15-17H2/b10-7+. The highest BCUT2D eigenvalue weighted by Gasteiger charge is 2.15. The summed E-state index contributed by atoms with van der Waals surface area (Å²) in [4.78, 5) is 0.319. The van der Waals surface area contributed by atoms with Crippen LogP contribution in [0.25, 0.3) is 16.8 Å². The predicted octanol–water partition coefficient (Wildman–Crippen LogP) is 3.42. The third kappa shape index (κ3) is 4.79. The fourth-order valence-electron chi connectivity index (χ4n) is 2.73. The Morgan fingerprint density at radius 1 is 0.808 bits per heavy atom. The molecule has 0 aromatic heterocycles. The van der Waals surface area contributed by atoms with Crippen LogP contribution in [-0.2, 0) is 10.0 Å². The Balaban J connectivity index is 1.50. The first-order chi connectivity index (χ1) is 12.7. The first-order valence-electron chi connectivity index (χ1n) is 8.56. The number of fused-ring (bicyclic) bond motifs is 1. The summed E-state index contributed by atoms with van der Waals surface area (Å²) in [5, 5.41) is 4.86. The molecule has 26 heavy (non-hydrogen) atoms. The van der Waals surface area contributed by atoms with Gasteiger partial charge < -0.3 is 5.32 Å². The van der Waals surface area contributed by atoms with Crippen LogP contribution < -0.4 is 10.0 Å². The summed E-state index contributed by atoms with van der Waals surface area (Å²) < 4.78 is 27.8. The van der Waals surface area contributed by atoms with E-state index in [1.54, 1.807) is 12.1 Å². The Morgan fingerprint density at radius 2 is 1.54 bits per heavy atom. The molecule has 0 saturated carbocycles. The second-order valence-electron chi connectivity index (χ2n) is 5.89. The number of nitrogens with one attached hydrogen (secondary N) is 2. The molecular weight excluding hydrogens is 344 g/mol. The lowest BCUT2D eigenvalue weighted by Crippen LogP contribution is -2.32. The average molecular weight is 366 g/mol. The highest BCUT2D eigenvalue weighted by Crippen LogP contribution is 2.22. The third-order valence-corrected chi connectivity index (χ3v) is 5.52. The molecule has 3 aromatic rings. The summed E-state index contributed by atoms with van der Waals surface area (Å²) in [5.74, 6) is 0. The van der Waals surface area contributed by atoms with Crippen molar-refractivity contribution in [1.29, 1.82) is 0 Å². The average Bonchev–Trinajstić information content (AvgIpc) is 2.67. The topological polar surface area (TPSA) is 58.2 Å². The van der Waals surface area contributed by atoms with Gasteiger partial charge in [0.1, 0.15) is 0 Å². The Labute approximate surface area is 154 Å². The maximum atomic E-state index is 12.6. The van der Waals surface area contributed by atoms with Crippen LogP contribution in [0.15, 0.2) is 83.8 Å². The minimum Gasteiger partial charge on any atom is -0.312 e. The molecule has 4 nitrogen and oxygen atoms in total. The monoisotopic (exact) mass is 366 g/mol.